The molecule has 0 fully saturated rings. The lowest BCUT2D eigenvalue weighted by Gasteiger charge is -1.78. The van der Waals surface area contributed by atoms with Gasteiger partial charge in [0, 0.05) is 34.6 Å². The van der Waals surface area contributed by atoms with Gasteiger partial charge in [-0.25, -0.2) is 0 Å². The number of hydrogen-bond donors (Lipinski definition) is 3. The van der Waals surface area contributed by atoms with Crippen molar-refractivity contribution in [2.45, 2.75) is 13.8 Å². The van der Waals surface area contributed by atoms with E-state index >= 15 is 0 Å². The average Bonchev–Trinajstić information content (AvgIpc) is 3.33. The lowest BCUT2D eigenvalue weighted by molar-refractivity contribution is 0.111. The first-order valence-corrected chi connectivity index (χ1v) is 12.5. The monoisotopic (exact) mass is 537 g/mol. The number of aromatic nitrogens is 3. The van der Waals surface area contributed by atoms with Gasteiger partial charge >= 0.3 is 5.20 Å². The number of aromatic amines is 3. The van der Waals surface area contributed by atoms with Crippen molar-refractivity contribution in [1.29, 1.82) is 0 Å². The van der Waals surface area contributed by atoms with E-state index in [4.69, 9.17) is 0 Å². The van der Waals surface area contributed by atoms with Crippen molar-refractivity contribution in [3.63, 3.8) is 0 Å². The highest BCUT2D eigenvalue weighted by molar-refractivity contribution is 14.1. The Morgan fingerprint density at radius 1 is 0.920 bits per heavy atom. The van der Waals surface area contributed by atoms with Gasteiger partial charge in [0.05, 0.1) is 5.69 Å². The van der Waals surface area contributed by atoms with Crippen LogP contribution in [0.1, 0.15) is 24.3 Å². The summed E-state index contributed by atoms with van der Waals surface area (Å²) in [5, 5.41) is -3.22. The van der Waals surface area contributed by atoms with E-state index in [9.17, 15) is 9.36 Å². The van der Waals surface area contributed by atoms with Crippen LogP contribution in [0.25, 0.3) is 0 Å². The Morgan fingerprint density at radius 3 is 1.40 bits per heavy atom. The zero-order valence-electron chi connectivity index (χ0n) is 13.6. The summed E-state index contributed by atoms with van der Waals surface area (Å²) in [4.78, 5) is 18.6. The van der Waals surface area contributed by atoms with Crippen LogP contribution in [0, 0.1) is 3.57 Å². The van der Waals surface area contributed by atoms with Crippen molar-refractivity contribution in [3.05, 3.63) is 70.6 Å². The normalized spacial score (nSPS) is 8.72. The third kappa shape index (κ3) is 23.3. The van der Waals surface area contributed by atoms with Crippen LogP contribution >= 0.6 is 61.5 Å². The maximum absolute atomic E-state index is 10.1. The van der Waals surface area contributed by atoms with Gasteiger partial charge in [0.1, 0.15) is 0 Å². The fourth-order valence-corrected chi connectivity index (χ4v) is 1.47. The first-order chi connectivity index (χ1) is 11.8. The third-order valence-electron chi connectivity index (χ3n) is 1.84. The Kier molecular flexibility index (Phi) is 19.3. The lowest BCUT2D eigenvalue weighted by atomic mass is 10.5. The van der Waals surface area contributed by atoms with Crippen molar-refractivity contribution in [2.75, 3.05) is 0 Å². The molecule has 3 N–H and O–H groups in total. The molecule has 0 unspecified atom stereocenters. The van der Waals surface area contributed by atoms with Crippen molar-refractivity contribution in [1.82, 2.24) is 15.0 Å². The summed E-state index contributed by atoms with van der Waals surface area (Å²) in [6, 6.07) is 9.63. The highest BCUT2D eigenvalue weighted by atomic mass is 127. The Labute approximate surface area is 175 Å². The van der Waals surface area contributed by atoms with Crippen molar-refractivity contribution >= 4 is 67.8 Å². The molecule has 25 heavy (non-hydrogen) atoms. The average molecular weight is 539 g/mol. The zero-order chi connectivity index (χ0) is 19.6. The van der Waals surface area contributed by atoms with Crippen LogP contribution in [0.4, 0.5) is 0 Å². The van der Waals surface area contributed by atoms with Crippen molar-refractivity contribution in [2.24, 2.45) is 0 Å². The summed E-state index contributed by atoms with van der Waals surface area (Å²) in [7, 11) is 0. The summed E-state index contributed by atoms with van der Waals surface area (Å²) in [6.45, 7) is 4.00. The predicted octanol–water partition coefficient (Wildman–Crippen LogP) is 7.30. The van der Waals surface area contributed by atoms with E-state index in [1.165, 1.54) is 0 Å². The Bertz CT molecular complexity index is 586. The van der Waals surface area contributed by atoms with Crippen LogP contribution in [-0.4, -0.2) is 21.2 Å². The molecule has 0 atom stereocenters. The van der Waals surface area contributed by atoms with E-state index in [1.54, 1.807) is 6.20 Å². The van der Waals surface area contributed by atoms with Crippen molar-refractivity contribution < 1.29 is 9.36 Å². The van der Waals surface area contributed by atoms with E-state index in [2.05, 4.69) is 71.3 Å². The molecule has 5 nitrogen and oxygen atoms in total. The van der Waals surface area contributed by atoms with Gasteiger partial charge in [-0.2, -0.15) is 0 Å². The first-order valence-electron chi connectivity index (χ1n) is 6.97. The lowest BCUT2D eigenvalue weighted by Crippen LogP contribution is -1.78. The molecule has 3 heterocycles. The fraction of sp³-hybridized carbons (Fsp3) is 0.133. The van der Waals surface area contributed by atoms with E-state index in [0.717, 1.165) is 9.86 Å². The molecule has 0 aliphatic carbocycles. The van der Waals surface area contributed by atoms with Gasteiger partial charge in [-0.3, -0.25) is 9.36 Å². The topological polar surface area (TPSA) is 81.5 Å². The second-order valence-electron chi connectivity index (χ2n) is 3.53. The van der Waals surface area contributed by atoms with Crippen molar-refractivity contribution in [3.8, 4) is 0 Å². The largest absolute Gasteiger partial charge is 0.368 e. The minimum atomic E-state index is -3.22. The summed E-state index contributed by atoms with van der Waals surface area (Å²) in [5.74, 6) is 0. The highest BCUT2D eigenvalue weighted by Gasteiger charge is 2.03. The van der Waals surface area contributed by atoms with Crippen LogP contribution < -0.4 is 0 Å². The van der Waals surface area contributed by atoms with Gasteiger partial charge in [-0.15, -0.1) is 0 Å². The molecule has 3 aromatic heterocycles. The molecule has 0 bridgehead atoms. The van der Waals surface area contributed by atoms with E-state index in [0.29, 0.717) is 5.69 Å². The highest BCUT2D eigenvalue weighted by Crippen LogP contribution is 2.61. The minimum Gasteiger partial charge on any atom is -0.368 e. The van der Waals surface area contributed by atoms with Crippen LogP contribution in [-0.2, 0) is 4.57 Å². The van der Waals surface area contributed by atoms with Gasteiger partial charge in [-0.1, -0.05) is 13.8 Å². The second-order valence-corrected chi connectivity index (χ2v) is 11.3. The number of carbonyl (C=O) groups excluding carboxylic acids is 1. The number of halogens is 4. The maximum Gasteiger partial charge on any atom is 0.339 e. The Balaban J connectivity index is 0. The molecule has 10 heteroatoms. The maximum atomic E-state index is 10.1. The first kappa shape index (κ1) is 26.6. The quantitative estimate of drug-likeness (QED) is 0.173. The number of carbonyl (C=O) groups is 1. The molecule has 0 aliphatic rings. The minimum absolute atomic E-state index is 0.658. The fourth-order valence-electron chi connectivity index (χ4n) is 1.01. The van der Waals surface area contributed by atoms with Gasteiger partial charge in [0.2, 0.25) is 0 Å². The van der Waals surface area contributed by atoms with Crippen LogP contribution in [0.2, 0.25) is 0 Å². The molecule has 0 saturated carbocycles. The predicted molar refractivity (Wildman–Crippen MR) is 117 cm³/mol. The smallest absolute Gasteiger partial charge is 0.339 e. The van der Waals surface area contributed by atoms with Gasteiger partial charge < -0.3 is 15.0 Å². The molecule has 3 aromatic rings. The standard InChI is InChI=1S/C5H4INO.2C4H5N.C2H6.Cl3OP/c6-4-1-2-7-5(4)3-8;2*1-2-4-5-3-1;1-2;1-5(2,3)4/h1-3,7H;2*1-5H;1-2H3;. The van der Waals surface area contributed by atoms with Crippen LogP contribution in [0.5, 0.6) is 0 Å². The van der Waals surface area contributed by atoms with Crippen LogP contribution in [0.15, 0.2) is 61.3 Å². The van der Waals surface area contributed by atoms with E-state index in [1.807, 2.05) is 69.0 Å². The van der Waals surface area contributed by atoms with E-state index in [-0.39, 0.29) is 0 Å². The molecule has 140 valence electrons. The SMILES string of the molecule is CC.O=Cc1[nH]ccc1I.O=P(Cl)(Cl)Cl.c1cc[nH]c1.c1cc[nH]c1. The van der Waals surface area contributed by atoms with Crippen LogP contribution in [0.3, 0.4) is 0 Å². The summed E-state index contributed by atoms with van der Waals surface area (Å²) >= 11 is 15.9. The summed E-state index contributed by atoms with van der Waals surface area (Å²) in [6.07, 6.45) is 10.0. The summed E-state index contributed by atoms with van der Waals surface area (Å²) < 4.78 is 10.5. The second kappa shape index (κ2) is 18.1. The van der Waals surface area contributed by atoms with Gasteiger partial charge in [-0.05, 0) is 86.6 Å². The molecule has 0 spiro atoms. The molecule has 0 aliphatic heterocycles. The molecule has 0 amide bonds. The van der Waals surface area contributed by atoms with E-state index < -0.39 is 5.20 Å². The number of nitrogens with one attached hydrogen (secondary N) is 3. The molecule has 3 rings (SSSR count). The third-order valence-corrected chi connectivity index (χ3v) is 2.78. The number of aldehydes is 1. The zero-order valence-corrected chi connectivity index (χ0v) is 18.9. The molecule has 0 saturated heterocycles. The Morgan fingerprint density at radius 2 is 1.28 bits per heavy atom. The molecule has 0 aromatic carbocycles. The molecular formula is C15H20Cl3IN3O2P. The number of hydrogen-bond acceptors (Lipinski definition) is 2. The van der Waals surface area contributed by atoms with Gasteiger partial charge in [0.15, 0.2) is 6.29 Å². The Hall–Kier alpha value is -0.660. The molecular weight excluding hydrogens is 518 g/mol. The molecule has 0 radical (unpaired) electrons. The number of H-pyrrole nitrogens is 3. The summed E-state index contributed by atoms with van der Waals surface area (Å²) in [5.41, 5.74) is 0.658. The van der Waals surface area contributed by atoms with Gasteiger partial charge in [0.25, 0.3) is 0 Å². The number of rotatable bonds is 1.